The Bertz CT molecular complexity index is 900. The highest BCUT2D eigenvalue weighted by molar-refractivity contribution is 5.69. The van der Waals surface area contributed by atoms with Crippen LogP contribution in [0.4, 0.5) is 0 Å². The first-order valence-electron chi connectivity index (χ1n) is 17.1. The first kappa shape index (κ1) is 42.3. The maximum absolute atomic E-state index is 11.9. The summed E-state index contributed by atoms with van der Waals surface area (Å²) in [5.41, 5.74) is 0. The number of hydrogen-bond donors (Lipinski definition) is 3. The molecule has 3 N–H and O–H groups in total. The van der Waals surface area contributed by atoms with E-state index in [9.17, 15) is 24.9 Å². The monoisotopic (exact) mass is 630 g/mol. The average molecular weight is 631 g/mol. The Morgan fingerprint density at radius 2 is 1.27 bits per heavy atom. The lowest BCUT2D eigenvalue weighted by molar-refractivity contribution is -0.152. The van der Waals surface area contributed by atoms with Gasteiger partial charge in [0.15, 0.2) is 0 Å². The minimum Gasteiger partial charge on any atom is -0.463 e. The molecule has 0 amide bonds. The molecule has 0 aliphatic carbocycles. The van der Waals surface area contributed by atoms with Gasteiger partial charge >= 0.3 is 11.9 Å². The standard InChI is InChI=1S/C38H62O7/c1-4-6-17-25-34(39)26-19-13-8-7-9-14-20-27-35(40)28-21-16-23-30-38(43)45-32-36(41)31-44-37(42)29-22-15-11-10-12-18-24-33(3)5-2/h6,8-9,13-14,17,19-21,26-28,33-36,39-41H,4-5,7,10-12,15-16,18,22-25,29-32H2,1-3H3/b13-8-,14-9-,17-6-,26-19+,27-20+,28-21-/t33?,34-,35-,36-/m1/s1. The summed E-state index contributed by atoms with van der Waals surface area (Å²) >= 11 is 0. The van der Waals surface area contributed by atoms with Gasteiger partial charge in [-0.2, -0.15) is 0 Å². The highest BCUT2D eigenvalue weighted by Crippen LogP contribution is 2.14. The molecule has 0 saturated heterocycles. The van der Waals surface area contributed by atoms with Gasteiger partial charge in [-0.15, -0.1) is 0 Å². The molecule has 0 rings (SSSR count). The normalized spacial score (nSPS) is 15.2. The van der Waals surface area contributed by atoms with Gasteiger partial charge in [-0.1, -0.05) is 139 Å². The molecule has 0 aliphatic heterocycles. The third kappa shape index (κ3) is 31.0. The Hall–Kier alpha value is -2.74. The maximum atomic E-state index is 11.9. The van der Waals surface area contributed by atoms with Crippen molar-refractivity contribution in [2.45, 2.75) is 135 Å². The minimum atomic E-state index is -1.04. The van der Waals surface area contributed by atoms with Crippen molar-refractivity contribution in [1.29, 1.82) is 0 Å². The summed E-state index contributed by atoms with van der Waals surface area (Å²) in [5.74, 6) is 0.0542. The number of carbonyl (C=O) groups excluding carboxylic acids is 2. The zero-order valence-electron chi connectivity index (χ0n) is 28.2. The van der Waals surface area contributed by atoms with E-state index in [1.165, 1.54) is 32.1 Å². The fraction of sp³-hybridized carbons (Fsp3) is 0.632. The van der Waals surface area contributed by atoms with Crippen LogP contribution in [0, 0.1) is 5.92 Å². The SMILES string of the molecule is CC/C=C\C[C@@H](O)/C=C/C=C\C/C=C\C=C\[C@@H](O)/C=C\CCCC(=O)OC[C@H](O)COC(=O)CCCCCCCCC(C)CC. The van der Waals surface area contributed by atoms with Crippen molar-refractivity contribution in [3.8, 4) is 0 Å². The van der Waals surface area contributed by atoms with E-state index in [0.717, 1.165) is 38.0 Å². The molecule has 0 aromatic rings. The average Bonchev–Trinajstić information content (AvgIpc) is 3.02. The summed E-state index contributed by atoms with van der Waals surface area (Å²) in [7, 11) is 0. The topological polar surface area (TPSA) is 113 Å². The highest BCUT2D eigenvalue weighted by Gasteiger charge is 2.12. The highest BCUT2D eigenvalue weighted by atomic mass is 16.6. The third-order valence-electron chi connectivity index (χ3n) is 7.17. The predicted octanol–water partition coefficient (Wildman–Crippen LogP) is 8.02. The Balaban J connectivity index is 3.82. The van der Waals surface area contributed by atoms with Crippen molar-refractivity contribution < 1.29 is 34.4 Å². The Morgan fingerprint density at radius 1 is 0.667 bits per heavy atom. The molecule has 0 aromatic carbocycles. The van der Waals surface area contributed by atoms with Gasteiger partial charge in [0, 0.05) is 12.8 Å². The van der Waals surface area contributed by atoms with Gasteiger partial charge in [0.25, 0.3) is 0 Å². The molecule has 0 aromatic heterocycles. The number of aliphatic hydroxyl groups excluding tert-OH is 3. The van der Waals surface area contributed by atoms with Gasteiger partial charge < -0.3 is 24.8 Å². The molecule has 256 valence electrons. The third-order valence-corrected chi connectivity index (χ3v) is 7.17. The van der Waals surface area contributed by atoms with Crippen molar-refractivity contribution >= 4 is 11.9 Å². The second-order valence-electron chi connectivity index (χ2n) is 11.5. The molecule has 0 radical (unpaired) electrons. The smallest absolute Gasteiger partial charge is 0.305 e. The molecule has 0 saturated carbocycles. The van der Waals surface area contributed by atoms with Crippen molar-refractivity contribution in [2.75, 3.05) is 13.2 Å². The van der Waals surface area contributed by atoms with Crippen LogP contribution in [0.5, 0.6) is 0 Å². The van der Waals surface area contributed by atoms with E-state index in [-0.39, 0.29) is 25.6 Å². The van der Waals surface area contributed by atoms with Crippen LogP contribution in [0.15, 0.2) is 72.9 Å². The van der Waals surface area contributed by atoms with Crippen LogP contribution in [0.3, 0.4) is 0 Å². The van der Waals surface area contributed by atoms with E-state index in [0.29, 0.717) is 25.7 Å². The summed E-state index contributed by atoms with van der Waals surface area (Å²) < 4.78 is 10.2. The molecule has 4 atom stereocenters. The molecule has 0 fully saturated rings. The van der Waals surface area contributed by atoms with Gasteiger partial charge in [0.2, 0.25) is 0 Å². The molecule has 7 nitrogen and oxygen atoms in total. The molecule has 45 heavy (non-hydrogen) atoms. The van der Waals surface area contributed by atoms with Crippen LogP contribution in [-0.2, 0) is 19.1 Å². The van der Waals surface area contributed by atoms with Gasteiger partial charge in [-0.25, -0.2) is 0 Å². The molecule has 0 heterocycles. The molecular weight excluding hydrogens is 568 g/mol. The van der Waals surface area contributed by atoms with E-state index in [1.54, 1.807) is 24.3 Å². The second-order valence-corrected chi connectivity index (χ2v) is 11.5. The van der Waals surface area contributed by atoms with Gasteiger partial charge in [-0.3, -0.25) is 9.59 Å². The summed E-state index contributed by atoms with van der Waals surface area (Å²) in [6.07, 6.45) is 33.2. The zero-order chi connectivity index (χ0) is 33.4. The van der Waals surface area contributed by atoms with Gasteiger partial charge in [0.1, 0.15) is 19.3 Å². The minimum absolute atomic E-state index is 0.179. The molecule has 1 unspecified atom stereocenters. The first-order chi connectivity index (χ1) is 21.8. The fourth-order valence-corrected chi connectivity index (χ4v) is 4.15. The largest absolute Gasteiger partial charge is 0.463 e. The number of aliphatic hydroxyl groups is 3. The van der Waals surface area contributed by atoms with Crippen molar-refractivity contribution in [2.24, 2.45) is 5.92 Å². The molecule has 7 heteroatoms. The van der Waals surface area contributed by atoms with Crippen LogP contribution in [0.25, 0.3) is 0 Å². The number of esters is 2. The van der Waals surface area contributed by atoms with Crippen LogP contribution in [0.2, 0.25) is 0 Å². The zero-order valence-corrected chi connectivity index (χ0v) is 28.2. The summed E-state index contributed by atoms with van der Waals surface area (Å²) in [5, 5.41) is 29.7. The predicted molar refractivity (Wildman–Crippen MR) is 185 cm³/mol. The quantitative estimate of drug-likeness (QED) is 0.0347. The van der Waals surface area contributed by atoms with E-state index >= 15 is 0 Å². The van der Waals surface area contributed by atoms with Gasteiger partial charge in [-0.05, 0) is 44.4 Å². The number of ether oxygens (including phenoxy) is 2. The molecular formula is C38H62O7. The van der Waals surface area contributed by atoms with Crippen molar-refractivity contribution in [3.05, 3.63) is 72.9 Å². The molecule has 0 aliphatic rings. The Kier molecular flexibility index (Phi) is 29.3. The number of unbranched alkanes of at least 4 members (excludes halogenated alkanes) is 6. The fourth-order valence-electron chi connectivity index (χ4n) is 4.15. The lowest BCUT2D eigenvalue weighted by atomic mass is 10.00. The van der Waals surface area contributed by atoms with E-state index in [2.05, 4.69) is 20.8 Å². The second kappa shape index (κ2) is 31.3. The Morgan fingerprint density at radius 3 is 1.91 bits per heavy atom. The number of allylic oxidation sites excluding steroid dienone is 8. The van der Waals surface area contributed by atoms with E-state index in [4.69, 9.17) is 9.47 Å². The summed E-state index contributed by atoms with van der Waals surface area (Å²) in [4.78, 5) is 23.8. The first-order valence-corrected chi connectivity index (χ1v) is 17.1. The van der Waals surface area contributed by atoms with Crippen molar-refractivity contribution in [1.82, 2.24) is 0 Å². The maximum Gasteiger partial charge on any atom is 0.305 e. The number of hydrogen-bond acceptors (Lipinski definition) is 7. The van der Waals surface area contributed by atoms with E-state index < -0.39 is 24.3 Å². The van der Waals surface area contributed by atoms with Crippen LogP contribution >= 0.6 is 0 Å². The van der Waals surface area contributed by atoms with Crippen LogP contribution in [-0.4, -0.2) is 58.8 Å². The van der Waals surface area contributed by atoms with Crippen LogP contribution in [0.1, 0.15) is 117 Å². The number of rotatable bonds is 28. The van der Waals surface area contributed by atoms with Crippen LogP contribution < -0.4 is 0 Å². The summed E-state index contributed by atoms with van der Waals surface area (Å²) in [6.45, 7) is 6.21. The van der Waals surface area contributed by atoms with Gasteiger partial charge in [0.05, 0.1) is 12.2 Å². The molecule has 0 spiro atoms. The Labute approximate surface area is 273 Å². The van der Waals surface area contributed by atoms with Crippen molar-refractivity contribution in [3.63, 3.8) is 0 Å². The van der Waals surface area contributed by atoms with E-state index in [1.807, 2.05) is 48.6 Å². The molecule has 0 bridgehead atoms. The lowest BCUT2D eigenvalue weighted by Crippen LogP contribution is -2.25. The summed E-state index contributed by atoms with van der Waals surface area (Å²) in [6, 6.07) is 0. The lowest BCUT2D eigenvalue weighted by Gasteiger charge is -2.12. The number of carbonyl (C=O) groups is 2.